The number of aromatic nitrogens is 1. The molecule has 1 saturated heterocycles. The van der Waals surface area contributed by atoms with E-state index in [1.165, 1.54) is 35.6 Å². The number of phenolic OH excluding ortho intramolecular Hbond substituents is 1. The van der Waals surface area contributed by atoms with Gasteiger partial charge < -0.3 is 19.7 Å². The molecule has 5 rings (SSSR count). The Morgan fingerprint density at radius 2 is 2.09 bits per heavy atom. The first-order valence-corrected chi connectivity index (χ1v) is 12.0. The van der Waals surface area contributed by atoms with Crippen molar-refractivity contribution in [1.82, 2.24) is 4.98 Å². The number of rotatable bonds is 4. The van der Waals surface area contributed by atoms with E-state index in [9.17, 15) is 19.8 Å². The molecule has 2 aliphatic rings. The summed E-state index contributed by atoms with van der Waals surface area (Å²) in [6, 6.07) is 7.31. The maximum absolute atomic E-state index is 13.3. The van der Waals surface area contributed by atoms with E-state index in [-0.39, 0.29) is 28.9 Å². The molecule has 0 aliphatic carbocycles. The van der Waals surface area contributed by atoms with Gasteiger partial charge in [0.15, 0.2) is 16.6 Å². The van der Waals surface area contributed by atoms with E-state index in [1.807, 2.05) is 6.92 Å². The third-order valence-corrected chi connectivity index (χ3v) is 7.20. The molecule has 0 radical (unpaired) electrons. The number of amides is 1. The smallest absolute Gasteiger partial charge is 0.301 e. The number of halogens is 1. The quantitative estimate of drug-likeness (QED) is 0.282. The van der Waals surface area contributed by atoms with Gasteiger partial charge in [-0.2, -0.15) is 0 Å². The van der Waals surface area contributed by atoms with Crippen LogP contribution >= 0.6 is 27.3 Å². The number of fused-ring (bicyclic) bond motifs is 1. The monoisotopic (exact) mass is 542 g/mol. The van der Waals surface area contributed by atoms with Gasteiger partial charge in [-0.1, -0.05) is 0 Å². The summed E-state index contributed by atoms with van der Waals surface area (Å²) in [5.41, 5.74) is 1.70. The van der Waals surface area contributed by atoms with Crippen molar-refractivity contribution in [1.29, 1.82) is 0 Å². The van der Waals surface area contributed by atoms with Crippen LogP contribution in [-0.2, 0) is 16.0 Å². The molecule has 10 heteroatoms. The van der Waals surface area contributed by atoms with E-state index >= 15 is 0 Å². The third-order valence-electron chi connectivity index (χ3n) is 5.83. The summed E-state index contributed by atoms with van der Waals surface area (Å²) in [5.74, 6) is -1.17. The average molecular weight is 543 g/mol. The van der Waals surface area contributed by atoms with E-state index in [0.717, 1.165) is 11.3 Å². The van der Waals surface area contributed by atoms with Crippen molar-refractivity contribution < 1.29 is 29.3 Å². The molecule has 3 heterocycles. The van der Waals surface area contributed by atoms with Gasteiger partial charge in [-0.05, 0) is 64.3 Å². The van der Waals surface area contributed by atoms with E-state index in [2.05, 4.69) is 20.9 Å². The number of hydrogen-bond donors (Lipinski definition) is 2. The predicted molar refractivity (Wildman–Crippen MR) is 129 cm³/mol. The van der Waals surface area contributed by atoms with Crippen molar-refractivity contribution in [3.05, 3.63) is 68.6 Å². The molecule has 0 saturated carbocycles. The number of aromatic hydroxyl groups is 1. The number of benzene rings is 2. The van der Waals surface area contributed by atoms with Crippen LogP contribution in [0.4, 0.5) is 5.13 Å². The summed E-state index contributed by atoms with van der Waals surface area (Å²) in [7, 11) is 1.40. The molecule has 174 valence electrons. The molecule has 1 amide bonds. The Morgan fingerprint density at radius 3 is 2.79 bits per heavy atom. The molecule has 1 aromatic heterocycles. The van der Waals surface area contributed by atoms with Gasteiger partial charge in [-0.25, -0.2) is 4.98 Å². The number of carbonyl (C=O) groups is 2. The topological polar surface area (TPSA) is 109 Å². The fraction of sp³-hybridized carbons (Fsp3) is 0.208. The first-order chi connectivity index (χ1) is 16.3. The highest BCUT2D eigenvalue weighted by Crippen LogP contribution is 2.46. The fourth-order valence-corrected chi connectivity index (χ4v) is 5.44. The summed E-state index contributed by atoms with van der Waals surface area (Å²) < 4.78 is 11.3. The molecule has 0 bridgehead atoms. The Bertz CT molecular complexity index is 1350. The SMILES string of the molecule is COc1cc([C@@H]2C(=C(O)c3ccc4c(c3)C[C@@H](C)O4)C(=O)C(=O)N2c2nccs2)cc(Br)c1O. The Balaban J connectivity index is 1.72. The number of ether oxygens (including phenoxy) is 2. The maximum atomic E-state index is 13.3. The van der Waals surface area contributed by atoms with E-state index in [0.29, 0.717) is 27.2 Å². The normalized spacial score (nSPS) is 21.0. The molecule has 3 aromatic rings. The highest BCUT2D eigenvalue weighted by atomic mass is 79.9. The zero-order valence-corrected chi connectivity index (χ0v) is 20.5. The maximum Gasteiger partial charge on any atom is 0.301 e. The fourth-order valence-electron chi connectivity index (χ4n) is 4.31. The van der Waals surface area contributed by atoms with Crippen LogP contribution in [0, 0.1) is 0 Å². The lowest BCUT2D eigenvalue weighted by Gasteiger charge is -2.24. The first kappa shape index (κ1) is 22.4. The lowest BCUT2D eigenvalue weighted by atomic mass is 9.94. The molecule has 8 nitrogen and oxygen atoms in total. The summed E-state index contributed by atoms with van der Waals surface area (Å²) in [4.78, 5) is 31.9. The third kappa shape index (κ3) is 3.54. The standard InChI is InChI=1S/C24H19BrN2O6S/c1-11-7-13-8-12(3-4-16(13)33-11)20(28)18-19(14-9-15(25)21(29)17(10-14)32-2)27(23(31)22(18)30)24-26-5-6-34-24/h3-6,8-11,19,28-29H,7H2,1-2H3/t11-,19-/m1/s1. The van der Waals surface area contributed by atoms with Crippen molar-refractivity contribution >= 4 is 49.8 Å². The van der Waals surface area contributed by atoms with Crippen LogP contribution in [0.5, 0.6) is 17.2 Å². The molecule has 2 aromatic carbocycles. The van der Waals surface area contributed by atoms with Crippen molar-refractivity contribution in [2.45, 2.75) is 25.5 Å². The van der Waals surface area contributed by atoms with Gasteiger partial charge in [-0.15, -0.1) is 11.3 Å². The molecule has 2 atom stereocenters. The summed E-state index contributed by atoms with van der Waals surface area (Å²) >= 11 is 4.50. The number of methoxy groups -OCH3 is 1. The number of Topliss-reactive ketones (excluding diaryl/α,β-unsaturated/α-hetero) is 1. The van der Waals surface area contributed by atoms with E-state index in [4.69, 9.17) is 9.47 Å². The number of aliphatic hydroxyl groups excluding tert-OH is 1. The van der Waals surface area contributed by atoms with Gasteiger partial charge in [0.25, 0.3) is 5.78 Å². The lowest BCUT2D eigenvalue weighted by Crippen LogP contribution is -2.29. The number of nitrogens with zero attached hydrogens (tertiary/aromatic N) is 2. The number of hydrogen-bond acceptors (Lipinski definition) is 8. The number of phenols is 1. The summed E-state index contributed by atoms with van der Waals surface area (Å²) in [6.07, 6.45) is 2.23. The van der Waals surface area contributed by atoms with Gasteiger partial charge >= 0.3 is 5.91 Å². The number of thiazole rings is 1. The van der Waals surface area contributed by atoms with Crippen molar-refractivity contribution in [3.8, 4) is 17.2 Å². The molecule has 0 spiro atoms. The van der Waals surface area contributed by atoms with Crippen LogP contribution in [0.1, 0.15) is 29.7 Å². The first-order valence-electron chi connectivity index (χ1n) is 10.4. The molecule has 1 fully saturated rings. The number of anilines is 1. The van der Waals surface area contributed by atoms with Crippen LogP contribution in [-0.4, -0.2) is 40.1 Å². The number of carbonyl (C=O) groups excluding carboxylic acids is 2. The molecule has 2 N–H and O–H groups in total. The molecular weight excluding hydrogens is 524 g/mol. The van der Waals surface area contributed by atoms with Crippen LogP contribution in [0.25, 0.3) is 5.76 Å². The molecule has 34 heavy (non-hydrogen) atoms. The highest BCUT2D eigenvalue weighted by Gasteiger charge is 2.48. The Kier molecular flexibility index (Phi) is 5.57. The minimum absolute atomic E-state index is 0.0182. The number of aliphatic hydroxyl groups is 1. The minimum atomic E-state index is -0.986. The average Bonchev–Trinajstić information content (AvgIpc) is 3.53. The van der Waals surface area contributed by atoms with Crippen LogP contribution < -0.4 is 14.4 Å². The van der Waals surface area contributed by atoms with Crippen molar-refractivity contribution in [2.75, 3.05) is 12.0 Å². The Labute approximate surface area is 207 Å². The van der Waals surface area contributed by atoms with Crippen LogP contribution in [0.3, 0.4) is 0 Å². The lowest BCUT2D eigenvalue weighted by molar-refractivity contribution is -0.132. The second-order valence-electron chi connectivity index (χ2n) is 7.99. The molecule has 2 aliphatic heterocycles. The van der Waals surface area contributed by atoms with Gasteiger partial charge in [-0.3, -0.25) is 14.5 Å². The highest BCUT2D eigenvalue weighted by molar-refractivity contribution is 9.10. The molecular formula is C24H19BrN2O6S. The zero-order chi connectivity index (χ0) is 24.1. The summed E-state index contributed by atoms with van der Waals surface area (Å²) in [5, 5.41) is 23.6. The van der Waals surface area contributed by atoms with Crippen molar-refractivity contribution in [3.63, 3.8) is 0 Å². The second kappa shape index (κ2) is 8.44. The number of ketones is 1. The summed E-state index contributed by atoms with van der Waals surface area (Å²) in [6.45, 7) is 1.95. The molecule has 0 unspecified atom stereocenters. The van der Waals surface area contributed by atoms with Gasteiger partial charge in [0.2, 0.25) is 0 Å². The van der Waals surface area contributed by atoms with Crippen LogP contribution in [0.15, 0.2) is 52.0 Å². The second-order valence-corrected chi connectivity index (χ2v) is 9.72. The van der Waals surface area contributed by atoms with E-state index in [1.54, 1.807) is 29.6 Å². The zero-order valence-electron chi connectivity index (χ0n) is 18.1. The van der Waals surface area contributed by atoms with Gasteiger partial charge in [0.1, 0.15) is 17.6 Å². The predicted octanol–water partition coefficient (Wildman–Crippen LogP) is 4.57. The van der Waals surface area contributed by atoms with Crippen LogP contribution in [0.2, 0.25) is 0 Å². The van der Waals surface area contributed by atoms with Crippen molar-refractivity contribution in [2.24, 2.45) is 0 Å². The minimum Gasteiger partial charge on any atom is -0.507 e. The van der Waals surface area contributed by atoms with Gasteiger partial charge in [0, 0.05) is 23.6 Å². The van der Waals surface area contributed by atoms with Gasteiger partial charge in [0.05, 0.1) is 23.2 Å². The largest absolute Gasteiger partial charge is 0.507 e. The Hall–Kier alpha value is -3.37. The van der Waals surface area contributed by atoms with E-state index < -0.39 is 17.7 Å². The Morgan fingerprint density at radius 1 is 1.29 bits per heavy atom.